The smallest absolute Gasteiger partial charge is 0.395 e. The van der Waals surface area contributed by atoms with Crippen LogP contribution in [-0.4, -0.2) is 46.6 Å². The largest absolute Gasteiger partial charge is 0.406 e. The number of carbonyl (C=O) groups excluding carboxylic acids is 1. The van der Waals surface area contributed by atoms with E-state index in [4.69, 9.17) is 5.11 Å². The molecule has 0 aromatic heterocycles. The number of rotatable bonds is 5. The monoisotopic (exact) mass is 291 g/mol. The van der Waals surface area contributed by atoms with Crippen LogP contribution in [-0.2, 0) is 4.79 Å². The van der Waals surface area contributed by atoms with Gasteiger partial charge in [-0.2, -0.15) is 13.2 Å². The van der Waals surface area contributed by atoms with Gasteiger partial charge in [0.25, 0.3) is 0 Å². The molecule has 0 radical (unpaired) electrons. The molecule has 0 bridgehead atoms. The number of aliphatic hydroxyl groups is 1. The molecular weight excluding hydrogens is 279 g/mol. The summed E-state index contributed by atoms with van der Waals surface area (Å²) in [4.78, 5) is 11.4. The first kappa shape index (κ1) is 14.7. The summed E-state index contributed by atoms with van der Waals surface area (Å²) in [6.07, 6.45) is -4.04. The van der Waals surface area contributed by atoms with E-state index in [9.17, 15) is 18.0 Å². The van der Waals surface area contributed by atoms with Gasteiger partial charge in [0.1, 0.15) is 6.54 Å². The van der Waals surface area contributed by atoms with Gasteiger partial charge in [0.05, 0.1) is 11.4 Å². The Labute approximate surface area is 94.4 Å². The van der Waals surface area contributed by atoms with Crippen LogP contribution in [0.1, 0.15) is 13.3 Å². The van der Waals surface area contributed by atoms with Gasteiger partial charge in [0.2, 0.25) is 5.91 Å². The Bertz CT molecular complexity index is 211. The standard InChI is InChI=1S/C8H13BrF3NO2/c1-2-6(9)7(15)13(3-4-14)5-8(10,11)12/h6,14H,2-5H2,1H3. The molecule has 0 aromatic rings. The maximum absolute atomic E-state index is 12.1. The molecule has 7 heteroatoms. The maximum atomic E-state index is 12.1. The zero-order chi connectivity index (χ0) is 12.1. The molecule has 15 heavy (non-hydrogen) atoms. The van der Waals surface area contributed by atoms with Crippen molar-refractivity contribution in [3.8, 4) is 0 Å². The summed E-state index contributed by atoms with van der Waals surface area (Å²) in [7, 11) is 0. The van der Waals surface area contributed by atoms with Crippen LogP contribution in [0, 0.1) is 0 Å². The average molecular weight is 292 g/mol. The average Bonchev–Trinajstić information content (AvgIpc) is 2.13. The van der Waals surface area contributed by atoms with E-state index in [1.165, 1.54) is 0 Å². The predicted molar refractivity (Wildman–Crippen MR) is 52.7 cm³/mol. The Morgan fingerprint density at radius 3 is 2.40 bits per heavy atom. The lowest BCUT2D eigenvalue weighted by atomic mass is 10.3. The van der Waals surface area contributed by atoms with Crippen molar-refractivity contribution >= 4 is 21.8 Å². The summed E-state index contributed by atoms with van der Waals surface area (Å²) in [6.45, 7) is -0.428. The molecule has 1 atom stereocenters. The van der Waals surface area contributed by atoms with Gasteiger partial charge in [-0.25, -0.2) is 0 Å². The minimum absolute atomic E-state index is 0.305. The van der Waals surface area contributed by atoms with E-state index in [1.807, 2.05) is 0 Å². The first-order valence-corrected chi connectivity index (χ1v) is 5.33. The zero-order valence-electron chi connectivity index (χ0n) is 8.22. The van der Waals surface area contributed by atoms with E-state index in [0.717, 1.165) is 0 Å². The predicted octanol–water partition coefficient (Wildman–Crippen LogP) is 1.54. The molecule has 0 aromatic carbocycles. The van der Waals surface area contributed by atoms with Crippen LogP contribution in [0.5, 0.6) is 0 Å². The van der Waals surface area contributed by atoms with Gasteiger partial charge in [-0.3, -0.25) is 4.79 Å². The van der Waals surface area contributed by atoms with E-state index in [0.29, 0.717) is 11.3 Å². The molecule has 0 saturated carbocycles. The minimum atomic E-state index is -4.44. The van der Waals surface area contributed by atoms with E-state index in [-0.39, 0.29) is 6.54 Å². The summed E-state index contributed by atoms with van der Waals surface area (Å²) in [5.41, 5.74) is 0. The Kier molecular flexibility index (Phi) is 6.19. The van der Waals surface area contributed by atoms with Crippen LogP contribution in [0.2, 0.25) is 0 Å². The highest BCUT2D eigenvalue weighted by molar-refractivity contribution is 9.10. The van der Waals surface area contributed by atoms with Gasteiger partial charge >= 0.3 is 6.18 Å². The lowest BCUT2D eigenvalue weighted by Gasteiger charge is -2.24. The fourth-order valence-electron chi connectivity index (χ4n) is 0.977. The quantitative estimate of drug-likeness (QED) is 0.781. The normalized spacial score (nSPS) is 13.7. The van der Waals surface area contributed by atoms with Gasteiger partial charge in [-0.1, -0.05) is 22.9 Å². The molecule has 0 fully saturated rings. The molecule has 0 aliphatic rings. The van der Waals surface area contributed by atoms with Crippen LogP contribution in [0.3, 0.4) is 0 Å². The molecule has 1 N–H and O–H groups in total. The van der Waals surface area contributed by atoms with Crippen molar-refractivity contribution in [2.45, 2.75) is 24.3 Å². The molecule has 1 amide bonds. The molecule has 0 rings (SSSR count). The summed E-state index contributed by atoms with van der Waals surface area (Å²) in [6, 6.07) is 0. The Morgan fingerprint density at radius 2 is 2.07 bits per heavy atom. The van der Waals surface area contributed by atoms with Crippen molar-refractivity contribution in [3.05, 3.63) is 0 Å². The fraction of sp³-hybridized carbons (Fsp3) is 0.875. The second-order valence-corrected chi connectivity index (χ2v) is 4.08. The molecule has 0 heterocycles. The van der Waals surface area contributed by atoms with Crippen LogP contribution in [0.4, 0.5) is 13.2 Å². The third-order valence-corrected chi connectivity index (χ3v) is 2.72. The molecule has 90 valence electrons. The number of aliphatic hydroxyl groups excluding tert-OH is 1. The molecule has 0 spiro atoms. The van der Waals surface area contributed by atoms with Gasteiger partial charge < -0.3 is 10.0 Å². The second kappa shape index (κ2) is 6.32. The third-order valence-electron chi connectivity index (χ3n) is 1.68. The van der Waals surface area contributed by atoms with Crippen LogP contribution in [0.25, 0.3) is 0 Å². The Hall–Kier alpha value is -0.300. The summed E-state index contributed by atoms with van der Waals surface area (Å²) < 4.78 is 36.2. The van der Waals surface area contributed by atoms with E-state index >= 15 is 0 Å². The minimum Gasteiger partial charge on any atom is -0.395 e. The number of alkyl halides is 4. The zero-order valence-corrected chi connectivity index (χ0v) is 9.81. The lowest BCUT2D eigenvalue weighted by molar-refractivity contribution is -0.161. The van der Waals surface area contributed by atoms with Crippen molar-refractivity contribution in [1.29, 1.82) is 0 Å². The number of halogens is 4. The van der Waals surface area contributed by atoms with Crippen molar-refractivity contribution in [2.75, 3.05) is 19.7 Å². The summed E-state index contributed by atoms with van der Waals surface area (Å²) in [5, 5.41) is 8.56. The molecule has 0 saturated heterocycles. The maximum Gasteiger partial charge on any atom is 0.406 e. The first-order chi connectivity index (χ1) is 6.81. The molecule has 0 aliphatic carbocycles. The van der Waals surface area contributed by atoms with E-state index < -0.39 is 30.1 Å². The van der Waals surface area contributed by atoms with Crippen LogP contribution < -0.4 is 0 Å². The molecule has 3 nitrogen and oxygen atoms in total. The van der Waals surface area contributed by atoms with E-state index in [2.05, 4.69) is 15.9 Å². The number of hydrogen-bond donors (Lipinski definition) is 1. The summed E-state index contributed by atoms with van der Waals surface area (Å²) >= 11 is 2.98. The lowest BCUT2D eigenvalue weighted by Crippen LogP contribution is -2.43. The Balaban J connectivity index is 4.45. The fourth-order valence-corrected chi connectivity index (χ4v) is 1.27. The van der Waals surface area contributed by atoms with Crippen LogP contribution >= 0.6 is 15.9 Å². The van der Waals surface area contributed by atoms with Crippen LogP contribution in [0.15, 0.2) is 0 Å². The number of nitrogens with zero attached hydrogens (tertiary/aromatic N) is 1. The van der Waals surface area contributed by atoms with Crippen molar-refractivity contribution in [2.24, 2.45) is 0 Å². The van der Waals surface area contributed by atoms with Crippen molar-refractivity contribution in [3.63, 3.8) is 0 Å². The summed E-state index contributed by atoms with van der Waals surface area (Å²) in [5.74, 6) is -0.649. The van der Waals surface area contributed by atoms with E-state index in [1.54, 1.807) is 6.92 Å². The van der Waals surface area contributed by atoms with Gasteiger partial charge in [0, 0.05) is 6.54 Å². The number of carbonyl (C=O) groups is 1. The highest BCUT2D eigenvalue weighted by Crippen LogP contribution is 2.18. The third kappa shape index (κ3) is 5.99. The number of hydrogen-bond acceptors (Lipinski definition) is 2. The highest BCUT2D eigenvalue weighted by Gasteiger charge is 2.34. The second-order valence-electron chi connectivity index (χ2n) is 2.97. The van der Waals surface area contributed by atoms with Crippen molar-refractivity contribution in [1.82, 2.24) is 4.90 Å². The molecule has 1 unspecified atom stereocenters. The van der Waals surface area contributed by atoms with Gasteiger partial charge in [-0.15, -0.1) is 0 Å². The van der Waals surface area contributed by atoms with Crippen molar-refractivity contribution < 1.29 is 23.1 Å². The molecular formula is C8H13BrF3NO2. The topological polar surface area (TPSA) is 40.5 Å². The SMILES string of the molecule is CCC(Br)C(=O)N(CCO)CC(F)(F)F. The highest BCUT2D eigenvalue weighted by atomic mass is 79.9. The Morgan fingerprint density at radius 1 is 1.53 bits per heavy atom. The number of amides is 1. The van der Waals surface area contributed by atoms with Gasteiger partial charge in [-0.05, 0) is 6.42 Å². The molecule has 0 aliphatic heterocycles. The first-order valence-electron chi connectivity index (χ1n) is 4.42. The van der Waals surface area contributed by atoms with Gasteiger partial charge in [0.15, 0.2) is 0 Å².